The van der Waals surface area contributed by atoms with Crippen LogP contribution in [-0.2, 0) is 4.79 Å². The van der Waals surface area contributed by atoms with Gasteiger partial charge in [-0.1, -0.05) is 31.9 Å². The molecule has 2 aromatic rings. The number of ketones is 1. The maximum atomic E-state index is 13.3. The summed E-state index contributed by atoms with van der Waals surface area (Å²) in [7, 11) is 0. The van der Waals surface area contributed by atoms with Crippen molar-refractivity contribution < 1.29 is 4.79 Å². The van der Waals surface area contributed by atoms with E-state index in [4.69, 9.17) is 0 Å². The van der Waals surface area contributed by atoms with Crippen LogP contribution in [-0.4, -0.2) is 38.9 Å². The number of hydrogen-bond donors (Lipinski definition) is 0. The van der Waals surface area contributed by atoms with Gasteiger partial charge in [0.1, 0.15) is 6.04 Å². The van der Waals surface area contributed by atoms with E-state index in [2.05, 4.69) is 11.8 Å². The number of piperidine rings is 1. The first-order valence-corrected chi connectivity index (χ1v) is 11.7. The van der Waals surface area contributed by atoms with Gasteiger partial charge in [-0.2, -0.15) is 0 Å². The second-order valence-electron chi connectivity index (χ2n) is 9.43. The zero-order valence-electron chi connectivity index (χ0n) is 17.6. The van der Waals surface area contributed by atoms with E-state index in [0.29, 0.717) is 6.42 Å². The van der Waals surface area contributed by atoms with E-state index in [1.54, 1.807) is 4.57 Å². The van der Waals surface area contributed by atoms with Crippen molar-refractivity contribution in [2.75, 3.05) is 13.1 Å². The predicted octanol–water partition coefficient (Wildman–Crippen LogP) is 4.31. The first kappa shape index (κ1) is 19.1. The number of hydrogen-bond acceptors (Lipinski definition) is 3. The molecule has 156 valence electrons. The molecule has 1 aliphatic heterocycles. The van der Waals surface area contributed by atoms with Crippen LogP contribution in [0.5, 0.6) is 0 Å². The average molecular weight is 396 g/mol. The number of benzene rings is 1. The van der Waals surface area contributed by atoms with Gasteiger partial charge in [0.05, 0.1) is 11.0 Å². The third-order valence-corrected chi connectivity index (χ3v) is 7.62. The van der Waals surface area contributed by atoms with E-state index in [9.17, 15) is 9.59 Å². The zero-order valence-corrected chi connectivity index (χ0v) is 17.6. The first-order chi connectivity index (χ1) is 14.2. The molecule has 0 radical (unpaired) electrons. The van der Waals surface area contributed by atoms with Crippen molar-refractivity contribution in [2.24, 2.45) is 5.92 Å². The van der Waals surface area contributed by atoms with Gasteiger partial charge in [0.25, 0.3) is 0 Å². The lowest BCUT2D eigenvalue weighted by molar-refractivity contribution is -0.110. The van der Waals surface area contributed by atoms with Gasteiger partial charge in [0, 0.05) is 31.6 Å². The predicted molar refractivity (Wildman–Crippen MR) is 115 cm³/mol. The quantitative estimate of drug-likeness (QED) is 0.758. The van der Waals surface area contributed by atoms with Crippen LogP contribution in [0.4, 0.5) is 0 Å². The fraction of sp³-hybridized carbons (Fsp3) is 0.667. The summed E-state index contributed by atoms with van der Waals surface area (Å²) in [5, 5.41) is 0. The van der Waals surface area contributed by atoms with E-state index >= 15 is 0 Å². The van der Waals surface area contributed by atoms with Crippen molar-refractivity contribution in [3.05, 3.63) is 34.7 Å². The lowest BCUT2D eigenvalue weighted by Crippen LogP contribution is -2.44. The van der Waals surface area contributed by atoms with Crippen LogP contribution in [0.1, 0.15) is 76.8 Å². The summed E-state index contributed by atoms with van der Waals surface area (Å²) in [5.41, 5.74) is 1.93. The van der Waals surface area contributed by atoms with Crippen LogP contribution in [0.3, 0.4) is 0 Å². The Hall–Kier alpha value is -1.88. The van der Waals surface area contributed by atoms with E-state index in [1.807, 2.05) is 28.8 Å². The molecule has 1 atom stereocenters. The second-order valence-corrected chi connectivity index (χ2v) is 9.43. The van der Waals surface area contributed by atoms with Crippen LogP contribution in [0.25, 0.3) is 11.0 Å². The van der Waals surface area contributed by atoms with Crippen molar-refractivity contribution >= 4 is 16.8 Å². The number of para-hydroxylation sites is 2. The van der Waals surface area contributed by atoms with Gasteiger partial charge >= 0.3 is 5.69 Å². The van der Waals surface area contributed by atoms with Gasteiger partial charge in [0.15, 0.2) is 5.78 Å². The third-order valence-electron chi connectivity index (χ3n) is 7.62. The first-order valence-electron chi connectivity index (χ1n) is 11.7. The topological polar surface area (TPSA) is 47.2 Å². The summed E-state index contributed by atoms with van der Waals surface area (Å²) in [4.78, 5) is 27.7. The molecule has 3 aliphatic rings. The van der Waals surface area contributed by atoms with Crippen LogP contribution in [0.2, 0.25) is 0 Å². The number of imidazole rings is 1. The average Bonchev–Trinajstić information content (AvgIpc) is 3.38. The number of nitrogens with zero attached hydrogens (tertiary/aromatic N) is 3. The van der Waals surface area contributed by atoms with Crippen molar-refractivity contribution in [1.82, 2.24) is 14.0 Å². The van der Waals surface area contributed by atoms with Crippen molar-refractivity contribution in [2.45, 2.75) is 82.8 Å². The van der Waals surface area contributed by atoms with Crippen LogP contribution in [0, 0.1) is 5.92 Å². The SMILES string of the molecule is CCCC1CCC(N2CCC(n3c(=O)n(C4CC4=O)c4ccccc43)CC2)CC1. The van der Waals surface area contributed by atoms with Crippen molar-refractivity contribution in [3.8, 4) is 0 Å². The Morgan fingerprint density at radius 2 is 1.48 bits per heavy atom. The minimum absolute atomic E-state index is 0.0144. The highest BCUT2D eigenvalue weighted by molar-refractivity contribution is 5.99. The van der Waals surface area contributed by atoms with Gasteiger partial charge in [-0.3, -0.25) is 13.9 Å². The summed E-state index contributed by atoms with van der Waals surface area (Å²) < 4.78 is 3.75. The van der Waals surface area contributed by atoms with E-state index in [0.717, 1.165) is 48.9 Å². The summed E-state index contributed by atoms with van der Waals surface area (Å²) in [5.74, 6) is 1.13. The van der Waals surface area contributed by atoms with Crippen LogP contribution >= 0.6 is 0 Å². The maximum Gasteiger partial charge on any atom is 0.330 e. The molecule has 29 heavy (non-hydrogen) atoms. The molecule has 5 nitrogen and oxygen atoms in total. The molecule has 0 bridgehead atoms. The lowest BCUT2D eigenvalue weighted by atomic mass is 9.82. The van der Waals surface area contributed by atoms with Gasteiger partial charge in [0.2, 0.25) is 0 Å². The van der Waals surface area contributed by atoms with Gasteiger partial charge < -0.3 is 4.90 Å². The van der Waals surface area contributed by atoms with E-state index in [1.165, 1.54) is 38.5 Å². The minimum atomic E-state index is -0.230. The van der Waals surface area contributed by atoms with Crippen LogP contribution in [0.15, 0.2) is 29.1 Å². The molecule has 2 aliphatic carbocycles. The maximum absolute atomic E-state index is 13.3. The summed E-state index contributed by atoms with van der Waals surface area (Å²) >= 11 is 0. The van der Waals surface area contributed by atoms with Gasteiger partial charge in [-0.25, -0.2) is 4.79 Å². The molecule has 1 aromatic carbocycles. The molecule has 1 aromatic heterocycles. The highest BCUT2D eigenvalue weighted by atomic mass is 16.2. The van der Waals surface area contributed by atoms with Crippen molar-refractivity contribution in [1.29, 1.82) is 0 Å². The highest BCUT2D eigenvalue weighted by Crippen LogP contribution is 2.36. The van der Waals surface area contributed by atoms with Gasteiger partial charge in [-0.05, 0) is 56.6 Å². The number of carbonyl (C=O) groups excluding carboxylic acids is 1. The normalized spacial score (nSPS) is 28.9. The molecule has 5 heteroatoms. The summed E-state index contributed by atoms with van der Waals surface area (Å²) in [6.45, 7) is 4.47. The molecule has 0 N–H and O–H groups in total. The fourth-order valence-corrected chi connectivity index (χ4v) is 5.93. The number of carbonyl (C=O) groups is 1. The Bertz CT molecular complexity index is 943. The number of rotatable bonds is 5. The molecule has 2 saturated carbocycles. The second kappa shape index (κ2) is 7.75. The lowest BCUT2D eigenvalue weighted by Gasteiger charge is -2.41. The molecular weight excluding hydrogens is 362 g/mol. The van der Waals surface area contributed by atoms with Crippen molar-refractivity contribution in [3.63, 3.8) is 0 Å². The van der Waals surface area contributed by atoms with E-state index < -0.39 is 0 Å². The summed E-state index contributed by atoms with van der Waals surface area (Å²) in [6, 6.07) is 8.76. The largest absolute Gasteiger partial charge is 0.330 e. The highest BCUT2D eigenvalue weighted by Gasteiger charge is 2.40. The third kappa shape index (κ3) is 3.48. The molecule has 5 rings (SSSR count). The molecular formula is C24H33N3O2. The zero-order chi connectivity index (χ0) is 20.0. The Balaban J connectivity index is 1.31. The molecule has 0 amide bonds. The molecule has 0 spiro atoms. The van der Waals surface area contributed by atoms with E-state index in [-0.39, 0.29) is 23.6 Å². The number of likely N-dealkylation sites (tertiary alicyclic amines) is 1. The minimum Gasteiger partial charge on any atom is -0.300 e. The fourth-order valence-electron chi connectivity index (χ4n) is 5.93. The Morgan fingerprint density at radius 3 is 2.07 bits per heavy atom. The van der Waals surface area contributed by atoms with Gasteiger partial charge in [-0.15, -0.1) is 0 Å². The molecule has 1 unspecified atom stereocenters. The number of aromatic nitrogens is 2. The molecule has 1 saturated heterocycles. The Kier molecular flexibility index (Phi) is 5.10. The Labute approximate surface area is 172 Å². The molecule has 2 heterocycles. The number of fused-ring (bicyclic) bond motifs is 1. The van der Waals surface area contributed by atoms with Crippen LogP contribution < -0.4 is 5.69 Å². The standard InChI is InChI=1S/C24H33N3O2/c1-2-5-17-8-10-18(11-9-17)25-14-12-19(13-15-25)26-20-6-3-4-7-21(20)27(24(26)29)22-16-23(22)28/h3-4,6-7,17-19,22H,2,5,8-16H2,1H3. The Morgan fingerprint density at radius 1 is 0.862 bits per heavy atom. The summed E-state index contributed by atoms with van der Waals surface area (Å²) in [6.07, 6.45) is 10.7. The smallest absolute Gasteiger partial charge is 0.300 e. The number of Topliss-reactive ketones (excluding diaryl/α,β-unsaturated/α-hetero) is 1. The monoisotopic (exact) mass is 395 g/mol. The molecule has 3 fully saturated rings.